The van der Waals surface area contributed by atoms with Crippen LogP contribution in [0.2, 0.25) is 0 Å². The Balaban J connectivity index is 1.69. The van der Waals surface area contributed by atoms with Gasteiger partial charge in [-0.1, -0.05) is 30.3 Å². The Labute approximate surface area is 170 Å². The number of benzene rings is 2. The van der Waals surface area contributed by atoms with E-state index in [0.717, 1.165) is 29.7 Å². The lowest BCUT2D eigenvalue weighted by Crippen LogP contribution is -2.26. The minimum absolute atomic E-state index is 0.120. The molecule has 0 amide bonds. The van der Waals surface area contributed by atoms with Gasteiger partial charge in [-0.2, -0.15) is 0 Å². The molecule has 0 radical (unpaired) electrons. The minimum Gasteiger partial charge on any atom is -0.291 e. The van der Waals surface area contributed by atoms with Crippen molar-refractivity contribution in [2.24, 2.45) is 0 Å². The first-order chi connectivity index (χ1) is 14.1. The first-order valence-corrected chi connectivity index (χ1v) is 10.4. The van der Waals surface area contributed by atoms with E-state index in [0.29, 0.717) is 22.3 Å². The molecule has 3 nitrogen and oxygen atoms in total. The Morgan fingerprint density at radius 2 is 1.93 bits per heavy atom. The van der Waals surface area contributed by atoms with Crippen LogP contribution >= 0.6 is 11.3 Å². The van der Waals surface area contributed by atoms with Crippen molar-refractivity contribution in [2.45, 2.75) is 32.2 Å². The van der Waals surface area contributed by atoms with Gasteiger partial charge in [0.25, 0.3) is 5.56 Å². The van der Waals surface area contributed by atoms with Gasteiger partial charge in [0, 0.05) is 11.3 Å². The molecule has 146 valence electrons. The predicted octanol–water partition coefficient (Wildman–Crippen LogP) is 4.86. The zero-order valence-electron chi connectivity index (χ0n) is 15.6. The summed E-state index contributed by atoms with van der Waals surface area (Å²) < 4.78 is 29.6. The van der Waals surface area contributed by atoms with Gasteiger partial charge in [0.05, 0.1) is 11.9 Å². The Kier molecular flexibility index (Phi) is 4.51. The number of halogens is 2. The Bertz CT molecular complexity index is 1290. The molecule has 0 bridgehead atoms. The molecule has 2 heterocycles. The quantitative estimate of drug-likeness (QED) is 0.483. The average molecular weight is 408 g/mol. The molecule has 0 saturated heterocycles. The molecule has 0 fully saturated rings. The van der Waals surface area contributed by atoms with E-state index in [2.05, 4.69) is 0 Å². The summed E-state index contributed by atoms with van der Waals surface area (Å²) in [6.45, 7) is 0.202. The lowest BCUT2D eigenvalue weighted by molar-refractivity contribution is 0.604. The van der Waals surface area contributed by atoms with Crippen LogP contribution in [-0.4, -0.2) is 9.55 Å². The summed E-state index contributed by atoms with van der Waals surface area (Å²) in [4.78, 5) is 20.2. The van der Waals surface area contributed by atoms with Crippen molar-refractivity contribution in [3.05, 3.63) is 97.9 Å². The van der Waals surface area contributed by atoms with E-state index in [9.17, 15) is 13.6 Å². The molecule has 0 aliphatic heterocycles. The zero-order valence-corrected chi connectivity index (χ0v) is 16.4. The standard InChI is InChI=1S/C23H18F2N2OS/c24-16-7-3-5-14(11-16)13-27-20(12-15-6-1-2-9-18(15)25)26-22-21(23(27)28)17-8-4-10-19(17)29-22/h1-3,5-7,9,11H,4,8,10,12-13H2. The second-order valence-corrected chi connectivity index (χ2v) is 8.44. The number of thiophene rings is 1. The molecular formula is C23H18F2N2OS. The van der Waals surface area contributed by atoms with Crippen LogP contribution in [0.4, 0.5) is 8.78 Å². The smallest absolute Gasteiger partial charge is 0.262 e. The number of aromatic nitrogens is 2. The van der Waals surface area contributed by atoms with Crippen LogP contribution < -0.4 is 5.56 Å². The highest BCUT2D eigenvalue weighted by molar-refractivity contribution is 7.18. The lowest BCUT2D eigenvalue weighted by atomic mass is 10.1. The fourth-order valence-electron chi connectivity index (χ4n) is 4.05. The molecule has 4 aromatic rings. The van der Waals surface area contributed by atoms with Crippen molar-refractivity contribution < 1.29 is 8.78 Å². The summed E-state index contributed by atoms with van der Waals surface area (Å²) in [7, 11) is 0. The molecule has 29 heavy (non-hydrogen) atoms. The Morgan fingerprint density at radius 3 is 2.76 bits per heavy atom. The number of aryl methyl sites for hydroxylation is 2. The molecule has 1 aliphatic rings. The number of nitrogens with zero attached hydrogens (tertiary/aromatic N) is 2. The SMILES string of the molecule is O=c1c2c3c(sc2nc(Cc2ccccc2F)n1Cc1cccc(F)c1)CCC3. The van der Waals surface area contributed by atoms with Gasteiger partial charge in [0.15, 0.2) is 0 Å². The summed E-state index contributed by atoms with van der Waals surface area (Å²) in [5.74, 6) is -0.179. The van der Waals surface area contributed by atoms with Gasteiger partial charge >= 0.3 is 0 Å². The maximum Gasteiger partial charge on any atom is 0.262 e. The molecule has 0 unspecified atom stereocenters. The van der Waals surface area contributed by atoms with Gasteiger partial charge in [-0.15, -0.1) is 11.3 Å². The molecule has 0 saturated carbocycles. The van der Waals surface area contributed by atoms with Crippen LogP contribution in [0.1, 0.15) is 33.8 Å². The number of fused-ring (bicyclic) bond motifs is 3. The van der Waals surface area contributed by atoms with Gasteiger partial charge in [-0.25, -0.2) is 13.8 Å². The van der Waals surface area contributed by atoms with Crippen LogP contribution in [0, 0.1) is 11.6 Å². The highest BCUT2D eigenvalue weighted by Gasteiger charge is 2.23. The second kappa shape index (κ2) is 7.19. The largest absolute Gasteiger partial charge is 0.291 e. The van der Waals surface area contributed by atoms with E-state index in [1.165, 1.54) is 23.1 Å². The Morgan fingerprint density at radius 1 is 1.07 bits per heavy atom. The molecule has 0 N–H and O–H groups in total. The van der Waals surface area contributed by atoms with E-state index >= 15 is 0 Å². The Hall–Kier alpha value is -2.86. The zero-order chi connectivity index (χ0) is 20.0. The summed E-state index contributed by atoms with van der Waals surface area (Å²) in [5, 5.41) is 0.677. The third-order valence-electron chi connectivity index (χ3n) is 5.44. The summed E-state index contributed by atoms with van der Waals surface area (Å²) in [6, 6.07) is 12.7. The fourth-order valence-corrected chi connectivity index (χ4v) is 5.32. The van der Waals surface area contributed by atoms with E-state index in [4.69, 9.17) is 4.98 Å². The minimum atomic E-state index is -0.350. The summed E-state index contributed by atoms with van der Waals surface area (Å²) in [6.07, 6.45) is 3.12. The van der Waals surface area contributed by atoms with E-state index in [-0.39, 0.29) is 30.2 Å². The maximum absolute atomic E-state index is 14.3. The van der Waals surface area contributed by atoms with Crippen LogP contribution in [-0.2, 0) is 25.8 Å². The number of rotatable bonds is 4. The molecule has 5 rings (SSSR count). The van der Waals surface area contributed by atoms with Crippen LogP contribution in [0.15, 0.2) is 53.3 Å². The summed E-state index contributed by atoms with van der Waals surface area (Å²) >= 11 is 1.57. The van der Waals surface area contributed by atoms with Crippen molar-refractivity contribution in [1.82, 2.24) is 9.55 Å². The molecule has 2 aromatic carbocycles. The number of hydrogen-bond acceptors (Lipinski definition) is 3. The summed E-state index contributed by atoms with van der Waals surface area (Å²) in [5.41, 5.74) is 2.14. The highest BCUT2D eigenvalue weighted by Crippen LogP contribution is 2.35. The van der Waals surface area contributed by atoms with Crippen LogP contribution in [0.25, 0.3) is 10.2 Å². The first-order valence-electron chi connectivity index (χ1n) is 9.62. The molecule has 0 atom stereocenters. The molecule has 2 aromatic heterocycles. The molecular weight excluding hydrogens is 390 g/mol. The van der Waals surface area contributed by atoms with Gasteiger partial charge in [-0.05, 0) is 54.2 Å². The van der Waals surface area contributed by atoms with Gasteiger partial charge in [0.1, 0.15) is 22.3 Å². The van der Waals surface area contributed by atoms with E-state index in [1.807, 2.05) is 0 Å². The third-order valence-corrected chi connectivity index (χ3v) is 6.63. The predicted molar refractivity (Wildman–Crippen MR) is 111 cm³/mol. The molecule has 6 heteroatoms. The molecule has 1 aliphatic carbocycles. The average Bonchev–Trinajstić information content (AvgIpc) is 3.27. The van der Waals surface area contributed by atoms with Gasteiger partial charge < -0.3 is 0 Å². The maximum atomic E-state index is 14.3. The van der Waals surface area contributed by atoms with Crippen LogP contribution in [0.3, 0.4) is 0 Å². The van der Waals surface area contributed by atoms with Crippen molar-refractivity contribution in [3.8, 4) is 0 Å². The fraction of sp³-hybridized carbons (Fsp3) is 0.217. The van der Waals surface area contributed by atoms with E-state index < -0.39 is 0 Å². The number of hydrogen-bond donors (Lipinski definition) is 0. The monoisotopic (exact) mass is 408 g/mol. The van der Waals surface area contributed by atoms with E-state index in [1.54, 1.807) is 46.2 Å². The van der Waals surface area contributed by atoms with Crippen molar-refractivity contribution in [2.75, 3.05) is 0 Å². The highest BCUT2D eigenvalue weighted by atomic mass is 32.1. The van der Waals surface area contributed by atoms with Crippen molar-refractivity contribution in [1.29, 1.82) is 0 Å². The van der Waals surface area contributed by atoms with Gasteiger partial charge in [-0.3, -0.25) is 9.36 Å². The third kappa shape index (κ3) is 3.27. The topological polar surface area (TPSA) is 34.9 Å². The second-order valence-electron chi connectivity index (χ2n) is 7.35. The van der Waals surface area contributed by atoms with Gasteiger partial charge in [0.2, 0.25) is 0 Å². The van der Waals surface area contributed by atoms with Crippen LogP contribution in [0.5, 0.6) is 0 Å². The normalized spacial score (nSPS) is 13.2. The molecule has 0 spiro atoms. The van der Waals surface area contributed by atoms with Crippen molar-refractivity contribution in [3.63, 3.8) is 0 Å². The van der Waals surface area contributed by atoms with Crippen molar-refractivity contribution >= 4 is 21.6 Å². The lowest BCUT2D eigenvalue weighted by Gasteiger charge is -2.14. The first kappa shape index (κ1) is 18.2.